The number of hydrogen-bond acceptors (Lipinski definition) is 0. The molecule has 0 amide bonds. The normalized spacial score (nSPS) is 0. The van der Waals surface area contributed by atoms with Crippen LogP contribution in [0.2, 0.25) is 0 Å². The quantitative estimate of drug-likeness (QED) is 0.494. The molecule has 0 fully saturated rings. The first kappa shape index (κ1) is 30.0. The van der Waals surface area contributed by atoms with Crippen molar-refractivity contribution in [3.63, 3.8) is 0 Å². The minimum atomic E-state index is 0. The molecule has 0 spiro atoms. The molecule has 0 rings (SSSR count). The van der Waals surface area contributed by atoms with E-state index in [-0.39, 0.29) is 88.7 Å². The zero-order valence-corrected chi connectivity index (χ0v) is 7.81. The van der Waals surface area contributed by atoms with Gasteiger partial charge in [-0.2, -0.15) is 0 Å². The maximum atomic E-state index is 0. The summed E-state index contributed by atoms with van der Waals surface area (Å²) < 4.78 is 0. The summed E-state index contributed by atoms with van der Waals surface area (Å²) in [4.78, 5) is 0. The van der Waals surface area contributed by atoms with Crippen molar-refractivity contribution in [3.8, 4) is 0 Å². The maximum Gasteiger partial charge on any atom is 0.0814 e. The van der Waals surface area contributed by atoms with Crippen LogP contribution in [0.15, 0.2) is 0 Å². The minimum absolute atomic E-state index is 0. The fourth-order valence-electron chi connectivity index (χ4n) is 0. The molecule has 0 bridgehead atoms. The molecule has 0 atom stereocenters. The Morgan fingerprint density at radius 3 is 1.00 bits per heavy atom. The van der Waals surface area contributed by atoms with Gasteiger partial charge >= 0.3 is 0 Å². The predicted molar refractivity (Wildman–Crippen MR) is 9.94 cm³/mol. The van der Waals surface area contributed by atoms with Crippen LogP contribution in [-0.4, -0.2) is 8.41 Å². The van der Waals surface area contributed by atoms with Crippen molar-refractivity contribution < 1.29 is 80.3 Å². The van der Waals surface area contributed by atoms with Crippen LogP contribution in [0, 0.1) is 40.8 Å². The average molecular weight is 307 g/mol. The summed E-state index contributed by atoms with van der Waals surface area (Å²) in [6.07, 6.45) is 0. The monoisotopic (exact) mass is 305 g/mol. The summed E-state index contributed by atoms with van der Waals surface area (Å²) >= 11 is 0. The van der Waals surface area contributed by atoms with Gasteiger partial charge in [-0.05, 0) is 0 Å². The smallest absolute Gasteiger partial charge is 0 e. The number of hydrogen-bond donors (Lipinski definition) is 0. The summed E-state index contributed by atoms with van der Waals surface area (Å²) in [6, 6.07) is 0. The van der Waals surface area contributed by atoms with Crippen molar-refractivity contribution >= 4 is 8.41 Å². The largest absolute Gasteiger partial charge is 0.0814 e. The Morgan fingerprint density at radius 1 is 1.00 bits per heavy atom. The molecule has 0 aromatic carbocycles. The van der Waals surface area contributed by atoms with E-state index in [1.165, 1.54) is 0 Å². The Hall–Kier alpha value is 2.68. The fourth-order valence-corrected chi connectivity index (χ4v) is 0. The van der Waals surface area contributed by atoms with Gasteiger partial charge in [0.2, 0.25) is 0 Å². The third-order valence-electron chi connectivity index (χ3n) is 0. The van der Waals surface area contributed by atoms with E-state index in [2.05, 4.69) is 0 Å². The zero-order valence-electron chi connectivity index (χ0n) is 1.30. The van der Waals surface area contributed by atoms with Crippen LogP contribution in [-0.2, 0) is 39.4 Å². The third-order valence-corrected chi connectivity index (χ3v) is 0. The van der Waals surface area contributed by atoms with Gasteiger partial charge in [0.25, 0.3) is 0 Å². The van der Waals surface area contributed by atoms with E-state index in [1.807, 2.05) is 0 Å². The molecule has 0 aromatic rings. The summed E-state index contributed by atoms with van der Waals surface area (Å²) in [6.45, 7) is 0. The van der Waals surface area contributed by atoms with Crippen molar-refractivity contribution in [3.05, 3.63) is 0 Å². The summed E-state index contributed by atoms with van der Waals surface area (Å²) in [5.74, 6) is 0. The molecule has 23 valence electrons. The van der Waals surface area contributed by atoms with E-state index < -0.39 is 0 Å². The van der Waals surface area contributed by atoms with Gasteiger partial charge in [0.05, 0.1) is 8.41 Å². The second-order valence-electron chi connectivity index (χ2n) is 0. The van der Waals surface area contributed by atoms with E-state index in [4.69, 9.17) is 0 Å². The SMILES string of the molecule is B.[Fe].[Nb].[Nd]. The van der Waals surface area contributed by atoms with Gasteiger partial charge in [0.15, 0.2) is 0 Å². The van der Waals surface area contributed by atoms with Crippen LogP contribution in [0.4, 0.5) is 0 Å². The maximum absolute atomic E-state index is 0. The van der Waals surface area contributed by atoms with E-state index in [0.717, 1.165) is 0 Å². The van der Waals surface area contributed by atoms with Gasteiger partial charge in [-0.25, -0.2) is 0 Å². The van der Waals surface area contributed by atoms with Gasteiger partial charge in [0.1, 0.15) is 0 Å². The molecule has 0 aliphatic heterocycles. The Kier molecular flexibility index (Phi) is 130. The van der Waals surface area contributed by atoms with E-state index >= 15 is 0 Å². The van der Waals surface area contributed by atoms with E-state index in [9.17, 15) is 0 Å². The van der Waals surface area contributed by atoms with Gasteiger partial charge in [-0.1, -0.05) is 0 Å². The molecule has 0 saturated carbocycles. The summed E-state index contributed by atoms with van der Waals surface area (Å²) in [7, 11) is 0. The molecule has 0 aliphatic rings. The molecule has 0 heterocycles. The second-order valence-corrected chi connectivity index (χ2v) is 0. The van der Waals surface area contributed by atoms with Crippen LogP contribution >= 0.6 is 0 Å². The van der Waals surface area contributed by atoms with Crippen molar-refractivity contribution in [2.75, 3.05) is 0 Å². The molecule has 0 nitrogen and oxygen atoms in total. The van der Waals surface area contributed by atoms with Gasteiger partial charge < -0.3 is 0 Å². The van der Waals surface area contributed by atoms with Crippen molar-refractivity contribution in [2.45, 2.75) is 0 Å². The third kappa shape index (κ3) is 8.82. The van der Waals surface area contributed by atoms with Crippen LogP contribution in [0.5, 0.6) is 0 Å². The van der Waals surface area contributed by atoms with Crippen molar-refractivity contribution in [2.24, 2.45) is 0 Å². The van der Waals surface area contributed by atoms with Gasteiger partial charge in [-0.3, -0.25) is 0 Å². The molecule has 1 radical (unpaired) electrons. The molecule has 4 heavy (non-hydrogen) atoms. The molecule has 4 heteroatoms. The summed E-state index contributed by atoms with van der Waals surface area (Å²) in [5.41, 5.74) is 0. The van der Waals surface area contributed by atoms with E-state index in [0.29, 0.717) is 0 Å². The van der Waals surface area contributed by atoms with Crippen LogP contribution in [0.1, 0.15) is 0 Å². The van der Waals surface area contributed by atoms with E-state index in [1.54, 1.807) is 0 Å². The molecule has 0 aliphatic carbocycles. The molecule has 0 unspecified atom stereocenters. The van der Waals surface area contributed by atoms with Crippen molar-refractivity contribution in [1.82, 2.24) is 0 Å². The van der Waals surface area contributed by atoms with Crippen LogP contribution in [0.3, 0.4) is 0 Å². The number of rotatable bonds is 0. The first-order valence-electron chi connectivity index (χ1n) is 0. The minimum Gasteiger partial charge on any atom is 0 e. The average Bonchev–Trinajstić information content (AvgIpc) is 0. The van der Waals surface area contributed by atoms with Crippen molar-refractivity contribution in [1.29, 1.82) is 0 Å². The first-order valence-corrected chi connectivity index (χ1v) is 0. The Balaban J connectivity index is 0. The fraction of sp³-hybridized carbons (Fsp3) is 0. The first-order chi connectivity index (χ1) is 0. The van der Waals surface area contributed by atoms with Crippen LogP contribution in [0.25, 0.3) is 0 Å². The molecule has 0 aromatic heterocycles. The molecule has 0 saturated heterocycles. The standard InChI is InChI=1S/BH3.Fe.Nb.Nd/h1H3;;;. The van der Waals surface area contributed by atoms with Gasteiger partial charge in [0, 0.05) is 80.3 Å². The second kappa shape index (κ2) is 17.3. The Labute approximate surface area is 86.9 Å². The topological polar surface area (TPSA) is 0 Å². The van der Waals surface area contributed by atoms with Gasteiger partial charge in [-0.15, -0.1) is 0 Å². The predicted octanol–water partition coefficient (Wildman–Crippen LogP) is -1.19. The Bertz CT molecular complexity index is 8.00. The molecular formula is H3BFeNbNd. The Morgan fingerprint density at radius 2 is 1.00 bits per heavy atom. The molecule has 0 N–H and O–H groups in total. The zero-order chi connectivity index (χ0) is 0. The van der Waals surface area contributed by atoms with Crippen LogP contribution < -0.4 is 0 Å². The molecular weight excluding hydrogens is 304 g/mol. The summed E-state index contributed by atoms with van der Waals surface area (Å²) in [5, 5.41) is 0.